The number of rotatable bonds is 5. The topological polar surface area (TPSA) is 80.5 Å². The van der Waals surface area contributed by atoms with Gasteiger partial charge in [0.25, 0.3) is 5.69 Å². The number of amides is 1. The lowest BCUT2D eigenvalue weighted by Gasteiger charge is -2.17. The van der Waals surface area contributed by atoms with Crippen LogP contribution in [0.1, 0.15) is 28.8 Å². The first kappa shape index (κ1) is 17.1. The standard InChI is InChI=1S/C18H15ClN2O4/c19-14-4-1-13(2-5-14)17(22)7-8-18(23)20-10-9-12-3-6-15(21(24)25)11-16(12)20/h1-6,11H,7-10H2. The van der Waals surface area contributed by atoms with Crippen molar-refractivity contribution >= 4 is 34.7 Å². The van der Waals surface area contributed by atoms with Crippen molar-refractivity contribution in [3.8, 4) is 0 Å². The zero-order chi connectivity index (χ0) is 18.0. The monoisotopic (exact) mass is 358 g/mol. The van der Waals surface area contributed by atoms with Crippen LogP contribution >= 0.6 is 11.6 Å². The third-order valence-electron chi connectivity index (χ3n) is 4.21. The number of nitrogens with zero attached hydrogens (tertiary/aromatic N) is 2. The summed E-state index contributed by atoms with van der Waals surface area (Å²) in [5.74, 6) is -0.343. The molecule has 1 aliphatic rings. The van der Waals surface area contributed by atoms with Crippen molar-refractivity contribution in [1.82, 2.24) is 0 Å². The molecule has 0 unspecified atom stereocenters. The van der Waals surface area contributed by atoms with E-state index in [4.69, 9.17) is 11.6 Å². The Morgan fingerprint density at radius 1 is 1.12 bits per heavy atom. The number of nitro groups is 1. The number of Topliss-reactive ketones (excluding diaryl/α,β-unsaturated/α-hetero) is 1. The van der Waals surface area contributed by atoms with Crippen LogP contribution in [0.3, 0.4) is 0 Å². The number of hydrogen-bond acceptors (Lipinski definition) is 4. The number of carbonyl (C=O) groups excluding carboxylic acids is 2. The Kier molecular flexibility index (Phi) is 4.81. The number of nitro benzene ring substituents is 1. The number of anilines is 1. The summed E-state index contributed by atoms with van der Waals surface area (Å²) in [7, 11) is 0. The minimum absolute atomic E-state index is 0.0457. The molecule has 0 atom stereocenters. The van der Waals surface area contributed by atoms with Crippen molar-refractivity contribution in [1.29, 1.82) is 0 Å². The van der Waals surface area contributed by atoms with Gasteiger partial charge in [-0.15, -0.1) is 0 Å². The Balaban J connectivity index is 1.67. The second-order valence-electron chi connectivity index (χ2n) is 5.80. The molecule has 0 radical (unpaired) electrons. The maximum atomic E-state index is 12.5. The SMILES string of the molecule is O=C(CCC(=O)N1CCc2ccc([N+](=O)[O-])cc21)c1ccc(Cl)cc1. The summed E-state index contributed by atoms with van der Waals surface area (Å²) in [5.41, 5.74) is 1.94. The maximum absolute atomic E-state index is 12.5. The molecule has 1 aliphatic heterocycles. The van der Waals surface area contributed by atoms with Crippen molar-refractivity contribution in [3.63, 3.8) is 0 Å². The Morgan fingerprint density at radius 2 is 1.84 bits per heavy atom. The highest BCUT2D eigenvalue weighted by molar-refractivity contribution is 6.30. The van der Waals surface area contributed by atoms with Gasteiger partial charge in [-0.3, -0.25) is 19.7 Å². The highest BCUT2D eigenvalue weighted by atomic mass is 35.5. The molecule has 2 aromatic rings. The van der Waals surface area contributed by atoms with E-state index < -0.39 is 4.92 Å². The summed E-state index contributed by atoms with van der Waals surface area (Å²) < 4.78 is 0. The van der Waals surface area contributed by atoms with Gasteiger partial charge >= 0.3 is 0 Å². The smallest absolute Gasteiger partial charge is 0.271 e. The molecule has 3 rings (SSSR count). The van der Waals surface area contributed by atoms with E-state index in [1.807, 2.05) is 0 Å². The number of carbonyl (C=O) groups is 2. The van der Waals surface area contributed by atoms with Crippen LogP contribution in [-0.2, 0) is 11.2 Å². The van der Waals surface area contributed by atoms with E-state index in [0.29, 0.717) is 29.2 Å². The normalized spacial score (nSPS) is 12.8. The summed E-state index contributed by atoms with van der Waals surface area (Å²) in [4.78, 5) is 36.6. The quantitative estimate of drug-likeness (QED) is 0.462. The molecule has 25 heavy (non-hydrogen) atoms. The van der Waals surface area contributed by atoms with Gasteiger partial charge in [0, 0.05) is 42.1 Å². The van der Waals surface area contributed by atoms with Gasteiger partial charge in [-0.1, -0.05) is 17.7 Å². The molecule has 1 heterocycles. The lowest BCUT2D eigenvalue weighted by atomic mass is 10.1. The molecule has 1 amide bonds. The highest BCUT2D eigenvalue weighted by Gasteiger charge is 2.26. The first-order chi connectivity index (χ1) is 12.0. The largest absolute Gasteiger partial charge is 0.312 e. The maximum Gasteiger partial charge on any atom is 0.271 e. The Morgan fingerprint density at radius 3 is 2.52 bits per heavy atom. The van der Waals surface area contributed by atoms with E-state index in [-0.39, 0.29) is 30.2 Å². The molecule has 0 bridgehead atoms. The zero-order valence-electron chi connectivity index (χ0n) is 13.3. The summed E-state index contributed by atoms with van der Waals surface area (Å²) >= 11 is 5.79. The van der Waals surface area contributed by atoms with Crippen LogP contribution in [0.25, 0.3) is 0 Å². The summed E-state index contributed by atoms with van der Waals surface area (Å²) in [5, 5.41) is 11.5. The van der Waals surface area contributed by atoms with Gasteiger partial charge in [-0.2, -0.15) is 0 Å². The van der Waals surface area contributed by atoms with Crippen molar-refractivity contribution in [2.24, 2.45) is 0 Å². The molecule has 0 fully saturated rings. The summed E-state index contributed by atoms with van der Waals surface area (Å²) in [6.45, 7) is 0.477. The van der Waals surface area contributed by atoms with E-state index >= 15 is 0 Å². The van der Waals surface area contributed by atoms with E-state index in [2.05, 4.69) is 0 Å². The van der Waals surface area contributed by atoms with Crippen molar-refractivity contribution in [2.75, 3.05) is 11.4 Å². The predicted octanol–water partition coefficient (Wildman–Crippen LogP) is 3.80. The zero-order valence-corrected chi connectivity index (χ0v) is 14.0. The fourth-order valence-electron chi connectivity index (χ4n) is 2.88. The van der Waals surface area contributed by atoms with Crippen LogP contribution in [0.4, 0.5) is 11.4 Å². The second kappa shape index (κ2) is 7.03. The molecule has 128 valence electrons. The van der Waals surface area contributed by atoms with E-state index in [1.54, 1.807) is 30.3 Å². The molecule has 0 spiro atoms. The molecule has 0 saturated carbocycles. The van der Waals surface area contributed by atoms with E-state index in [0.717, 1.165) is 5.56 Å². The first-order valence-electron chi connectivity index (χ1n) is 7.82. The number of hydrogen-bond donors (Lipinski definition) is 0. The van der Waals surface area contributed by atoms with Gasteiger partial charge in [-0.25, -0.2) is 0 Å². The third-order valence-corrected chi connectivity index (χ3v) is 4.46. The van der Waals surface area contributed by atoms with Crippen LogP contribution in [0.2, 0.25) is 5.02 Å². The Bertz CT molecular complexity index is 849. The van der Waals surface area contributed by atoms with Crippen molar-refractivity contribution < 1.29 is 14.5 Å². The van der Waals surface area contributed by atoms with Crippen LogP contribution in [0.15, 0.2) is 42.5 Å². The average molecular weight is 359 g/mol. The molecule has 0 N–H and O–H groups in total. The fraction of sp³-hybridized carbons (Fsp3) is 0.222. The Labute approximate surface area is 149 Å². The average Bonchev–Trinajstić information content (AvgIpc) is 3.03. The summed E-state index contributed by atoms with van der Waals surface area (Å²) in [6, 6.07) is 11.1. The molecule has 0 aromatic heterocycles. The molecule has 0 aliphatic carbocycles. The predicted molar refractivity (Wildman–Crippen MR) is 94.2 cm³/mol. The number of ketones is 1. The number of benzene rings is 2. The van der Waals surface area contributed by atoms with E-state index in [9.17, 15) is 19.7 Å². The van der Waals surface area contributed by atoms with Crippen molar-refractivity contribution in [2.45, 2.75) is 19.3 Å². The minimum Gasteiger partial charge on any atom is -0.312 e. The summed E-state index contributed by atoms with van der Waals surface area (Å²) in [6.07, 6.45) is 0.801. The molecular weight excluding hydrogens is 344 g/mol. The van der Waals surface area contributed by atoms with E-state index in [1.165, 1.54) is 17.0 Å². The number of fused-ring (bicyclic) bond motifs is 1. The van der Waals surface area contributed by atoms with Crippen LogP contribution in [0.5, 0.6) is 0 Å². The molecule has 7 heteroatoms. The molecule has 0 saturated heterocycles. The molecular formula is C18H15ClN2O4. The lowest BCUT2D eigenvalue weighted by Crippen LogP contribution is -2.29. The molecule has 6 nitrogen and oxygen atoms in total. The fourth-order valence-corrected chi connectivity index (χ4v) is 3.00. The van der Waals surface area contributed by atoms with Crippen LogP contribution in [0, 0.1) is 10.1 Å². The lowest BCUT2D eigenvalue weighted by molar-refractivity contribution is -0.384. The van der Waals surface area contributed by atoms with Gasteiger partial charge < -0.3 is 4.90 Å². The number of non-ortho nitro benzene ring substituents is 1. The number of halogens is 1. The van der Waals surface area contributed by atoms with Gasteiger partial charge in [0.05, 0.1) is 10.6 Å². The second-order valence-corrected chi connectivity index (χ2v) is 6.23. The first-order valence-corrected chi connectivity index (χ1v) is 8.20. The minimum atomic E-state index is -0.481. The highest BCUT2D eigenvalue weighted by Crippen LogP contribution is 2.32. The van der Waals surface area contributed by atoms with Gasteiger partial charge in [0.2, 0.25) is 5.91 Å². The third kappa shape index (κ3) is 3.69. The van der Waals surface area contributed by atoms with Gasteiger partial charge in [-0.05, 0) is 36.2 Å². The molecule has 2 aromatic carbocycles. The van der Waals surface area contributed by atoms with Gasteiger partial charge in [0.15, 0.2) is 5.78 Å². The van der Waals surface area contributed by atoms with Crippen LogP contribution < -0.4 is 4.90 Å². The van der Waals surface area contributed by atoms with Crippen LogP contribution in [-0.4, -0.2) is 23.2 Å². The van der Waals surface area contributed by atoms with Gasteiger partial charge in [0.1, 0.15) is 0 Å². The Hall–Kier alpha value is -2.73. The van der Waals surface area contributed by atoms with Crippen molar-refractivity contribution in [3.05, 3.63) is 68.7 Å².